The van der Waals surface area contributed by atoms with Gasteiger partial charge in [-0.3, -0.25) is 10.1 Å². The molecule has 1 aromatic heterocycles. The van der Waals surface area contributed by atoms with E-state index in [2.05, 4.69) is 15.5 Å². The van der Waals surface area contributed by atoms with E-state index in [1.165, 1.54) is 17.4 Å². The maximum Gasteiger partial charge on any atom is 0.250 e. The number of aromatic nitrogens is 2. The lowest BCUT2D eigenvalue weighted by atomic mass is 10.2. The van der Waals surface area contributed by atoms with Gasteiger partial charge in [0.05, 0.1) is 19.8 Å². The average molecular weight is 411 g/mol. The van der Waals surface area contributed by atoms with Gasteiger partial charge in [-0.15, -0.1) is 10.2 Å². The molecule has 1 amide bonds. The number of hydrogen-bond acceptors (Lipinski definition) is 8. The first-order valence-corrected chi connectivity index (χ1v) is 9.42. The third kappa shape index (κ3) is 4.14. The molecule has 0 aliphatic carbocycles. The summed E-state index contributed by atoms with van der Waals surface area (Å²) in [7, 11) is 3.16. The van der Waals surface area contributed by atoms with Crippen LogP contribution in [0.4, 0.5) is 5.13 Å². The Morgan fingerprint density at radius 2 is 1.97 bits per heavy atom. The summed E-state index contributed by atoms with van der Waals surface area (Å²) in [5.41, 5.74) is 1.59. The standard InChI is InChI=1S/C20H17N3O5S/c1-25-13-5-6-14(16(10-13)26-2)19-22-23-20(29-19)21-18(24)8-4-12-3-7-15-17(9-12)28-11-27-15/h3-10H,11H2,1-2H3,(H,21,23,24)/b8-4+. The van der Waals surface area contributed by atoms with Gasteiger partial charge in [0.2, 0.25) is 17.8 Å². The lowest BCUT2D eigenvalue weighted by Gasteiger charge is -2.07. The predicted molar refractivity (Wildman–Crippen MR) is 109 cm³/mol. The number of amides is 1. The summed E-state index contributed by atoms with van der Waals surface area (Å²) < 4.78 is 21.2. The number of benzene rings is 2. The topological polar surface area (TPSA) is 91.8 Å². The molecule has 29 heavy (non-hydrogen) atoms. The predicted octanol–water partition coefficient (Wildman–Crippen LogP) is 3.60. The number of hydrogen-bond donors (Lipinski definition) is 1. The van der Waals surface area contributed by atoms with Crippen LogP contribution in [-0.2, 0) is 4.79 Å². The number of ether oxygens (including phenoxy) is 4. The maximum atomic E-state index is 12.2. The molecule has 0 radical (unpaired) electrons. The van der Waals surface area contributed by atoms with E-state index in [1.54, 1.807) is 32.4 Å². The summed E-state index contributed by atoms with van der Waals surface area (Å²) in [5, 5.41) is 11.9. The number of carbonyl (C=O) groups is 1. The van der Waals surface area contributed by atoms with E-state index in [0.717, 1.165) is 11.1 Å². The van der Waals surface area contributed by atoms with Crippen molar-refractivity contribution in [2.24, 2.45) is 0 Å². The lowest BCUT2D eigenvalue weighted by Crippen LogP contribution is -2.07. The van der Waals surface area contributed by atoms with Crippen LogP contribution in [0.15, 0.2) is 42.5 Å². The van der Waals surface area contributed by atoms with Gasteiger partial charge in [-0.25, -0.2) is 0 Å². The Hall–Kier alpha value is -3.59. The van der Waals surface area contributed by atoms with Crippen LogP contribution in [0.2, 0.25) is 0 Å². The second-order valence-corrected chi connectivity index (χ2v) is 6.89. The number of nitrogens with one attached hydrogen (secondary N) is 1. The van der Waals surface area contributed by atoms with E-state index in [-0.39, 0.29) is 12.7 Å². The minimum atomic E-state index is -0.313. The van der Waals surface area contributed by atoms with Crippen molar-refractivity contribution in [2.45, 2.75) is 0 Å². The summed E-state index contributed by atoms with van der Waals surface area (Å²) in [5.74, 6) is 2.34. The van der Waals surface area contributed by atoms with Crippen molar-refractivity contribution in [1.29, 1.82) is 0 Å². The van der Waals surface area contributed by atoms with Crippen molar-refractivity contribution in [3.8, 4) is 33.6 Å². The van der Waals surface area contributed by atoms with Crippen molar-refractivity contribution < 1.29 is 23.7 Å². The molecule has 0 spiro atoms. The molecule has 0 atom stereocenters. The van der Waals surface area contributed by atoms with Crippen molar-refractivity contribution in [1.82, 2.24) is 10.2 Å². The first kappa shape index (κ1) is 18.8. The molecule has 8 nitrogen and oxygen atoms in total. The number of fused-ring (bicyclic) bond motifs is 1. The molecular formula is C20H17N3O5S. The minimum absolute atomic E-state index is 0.210. The Kier molecular flexibility index (Phi) is 5.30. The average Bonchev–Trinajstić information content (AvgIpc) is 3.40. The summed E-state index contributed by atoms with van der Waals surface area (Å²) in [6, 6.07) is 10.9. The van der Waals surface area contributed by atoms with Crippen LogP contribution in [-0.4, -0.2) is 37.1 Å². The highest BCUT2D eigenvalue weighted by Crippen LogP contribution is 2.36. The molecule has 0 saturated heterocycles. The van der Waals surface area contributed by atoms with Crippen molar-refractivity contribution in [2.75, 3.05) is 26.3 Å². The molecule has 0 unspecified atom stereocenters. The quantitative estimate of drug-likeness (QED) is 0.620. The summed E-state index contributed by atoms with van der Waals surface area (Å²) in [6.07, 6.45) is 3.11. The summed E-state index contributed by atoms with van der Waals surface area (Å²) in [6.45, 7) is 0.210. The zero-order valence-corrected chi connectivity index (χ0v) is 16.5. The third-order valence-corrected chi connectivity index (χ3v) is 4.99. The SMILES string of the molecule is COc1ccc(-c2nnc(NC(=O)/C=C/c3ccc4c(c3)OCO4)s2)c(OC)c1. The molecule has 1 aliphatic heterocycles. The molecule has 3 aromatic rings. The van der Waals surface area contributed by atoms with Gasteiger partial charge in [0.15, 0.2) is 16.5 Å². The lowest BCUT2D eigenvalue weighted by molar-refractivity contribution is -0.111. The zero-order chi connectivity index (χ0) is 20.2. The second-order valence-electron chi connectivity index (χ2n) is 5.91. The first-order valence-electron chi connectivity index (χ1n) is 8.61. The van der Waals surface area contributed by atoms with Crippen molar-refractivity contribution >= 4 is 28.5 Å². The number of methoxy groups -OCH3 is 2. The molecule has 0 saturated carbocycles. The summed E-state index contributed by atoms with van der Waals surface area (Å²) >= 11 is 1.25. The molecule has 1 N–H and O–H groups in total. The van der Waals surface area contributed by atoms with E-state index in [9.17, 15) is 4.79 Å². The van der Waals surface area contributed by atoms with Crippen LogP contribution in [0.1, 0.15) is 5.56 Å². The fourth-order valence-electron chi connectivity index (χ4n) is 2.69. The number of rotatable bonds is 6. The van der Waals surface area contributed by atoms with Gasteiger partial charge < -0.3 is 18.9 Å². The van der Waals surface area contributed by atoms with Crippen LogP contribution in [0.5, 0.6) is 23.0 Å². The van der Waals surface area contributed by atoms with Crippen molar-refractivity contribution in [3.05, 3.63) is 48.0 Å². The van der Waals surface area contributed by atoms with Gasteiger partial charge in [-0.1, -0.05) is 17.4 Å². The van der Waals surface area contributed by atoms with Gasteiger partial charge in [0.25, 0.3) is 0 Å². The zero-order valence-electron chi connectivity index (χ0n) is 15.7. The Labute approximate surface area is 170 Å². The van der Waals surface area contributed by atoms with Gasteiger partial charge >= 0.3 is 0 Å². The van der Waals surface area contributed by atoms with E-state index >= 15 is 0 Å². The maximum absolute atomic E-state index is 12.2. The van der Waals surface area contributed by atoms with E-state index < -0.39 is 0 Å². The largest absolute Gasteiger partial charge is 0.497 e. The smallest absolute Gasteiger partial charge is 0.250 e. The van der Waals surface area contributed by atoms with Crippen LogP contribution >= 0.6 is 11.3 Å². The van der Waals surface area contributed by atoms with E-state index in [4.69, 9.17) is 18.9 Å². The number of anilines is 1. The third-order valence-electron chi connectivity index (χ3n) is 4.12. The Morgan fingerprint density at radius 1 is 1.10 bits per heavy atom. The molecule has 0 bridgehead atoms. The van der Waals surface area contributed by atoms with E-state index in [1.807, 2.05) is 24.3 Å². The highest BCUT2D eigenvalue weighted by molar-refractivity contribution is 7.18. The van der Waals surface area contributed by atoms with E-state index in [0.29, 0.717) is 33.1 Å². The Bertz CT molecular complexity index is 1080. The van der Waals surface area contributed by atoms with Crippen molar-refractivity contribution in [3.63, 3.8) is 0 Å². The number of carbonyl (C=O) groups excluding carboxylic acids is 1. The molecule has 1 aliphatic rings. The molecule has 4 rings (SSSR count). The second kappa shape index (κ2) is 8.19. The monoisotopic (exact) mass is 411 g/mol. The van der Waals surface area contributed by atoms with Crippen LogP contribution in [0.25, 0.3) is 16.6 Å². The van der Waals surface area contributed by atoms with Crippen LogP contribution in [0, 0.1) is 0 Å². The molecule has 9 heteroatoms. The van der Waals surface area contributed by atoms with Gasteiger partial charge in [0.1, 0.15) is 11.5 Å². The van der Waals surface area contributed by atoms with Gasteiger partial charge in [-0.2, -0.15) is 0 Å². The minimum Gasteiger partial charge on any atom is -0.497 e. The van der Waals surface area contributed by atoms with Crippen LogP contribution < -0.4 is 24.3 Å². The Morgan fingerprint density at radius 3 is 2.79 bits per heavy atom. The first-order chi connectivity index (χ1) is 14.2. The van der Waals surface area contributed by atoms with Gasteiger partial charge in [-0.05, 0) is 35.9 Å². The molecular weight excluding hydrogens is 394 g/mol. The fourth-order valence-corrected chi connectivity index (χ4v) is 3.47. The van der Waals surface area contributed by atoms with Crippen LogP contribution in [0.3, 0.4) is 0 Å². The molecule has 2 heterocycles. The summed E-state index contributed by atoms with van der Waals surface area (Å²) in [4.78, 5) is 12.2. The number of nitrogens with zero attached hydrogens (tertiary/aromatic N) is 2. The molecule has 148 valence electrons. The normalized spacial score (nSPS) is 12.2. The Balaban J connectivity index is 1.44. The van der Waals surface area contributed by atoms with Gasteiger partial charge in [0, 0.05) is 12.1 Å². The fraction of sp³-hybridized carbons (Fsp3) is 0.150. The highest BCUT2D eigenvalue weighted by Gasteiger charge is 2.14. The molecule has 2 aromatic carbocycles. The molecule has 0 fully saturated rings. The highest BCUT2D eigenvalue weighted by atomic mass is 32.1.